The minimum Gasteiger partial charge on any atom is -0.351 e. The molecule has 1 unspecified atom stereocenters. The summed E-state index contributed by atoms with van der Waals surface area (Å²) in [7, 11) is 0. The SMILES string of the molecule is CC(Sc1nccn1-c1cccc(Cl)c1)C(=O)NC(N)=O. The predicted molar refractivity (Wildman–Crippen MR) is 81.6 cm³/mol. The molecular formula is C13H13ClN4O2S. The molecule has 1 heterocycles. The van der Waals surface area contributed by atoms with E-state index in [0.29, 0.717) is 10.2 Å². The number of thioether (sulfide) groups is 1. The molecule has 2 aromatic rings. The van der Waals surface area contributed by atoms with Crippen LogP contribution in [0.25, 0.3) is 5.69 Å². The normalized spacial score (nSPS) is 11.9. The van der Waals surface area contributed by atoms with Crippen LogP contribution in [0.4, 0.5) is 4.79 Å². The highest BCUT2D eigenvalue weighted by atomic mass is 35.5. The van der Waals surface area contributed by atoms with Crippen molar-refractivity contribution < 1.29 is 9.59 Å². The van der Waals surface area contributed by atoms with Crippen LogP contribution in [-0.2, 0) is 4.79 Å². The maximum Gasteiger partial charge on any atom is 0.318 e. The number of aromatic nitrogens is 2. The lowest BCUT2D eigenvalue weighted by Gasteiger charge is -2.12. The Morgan fingerprint density at radius 3 is 2.90 bits per heavy atom. The summed E-state index contributed by atoms with van der Waals surface area (Å²) in [5.41, 5.74) is 5.76. The topological polar surface area (TPSA) is 90.0 Å². The van der Waals surface area contributed by atoms with Gasteiger partial charge in [0.15, 0.2) is 5.16 Å². The van der Waals surface area contributed by atoms with Crippen molar-refractivity contribution in [2.45, 2.75) is 17.3 Å². The minimum atomic E-state index is -0.870. The number of nitrogens with zero attached hydrogens (tertiary/aromatic N) is 2. The van der Waals surface area contributed by atoms with Crippen LogP contribution < -0.4 is 11.1 Å². The Balaban J connectivity index is 2.17. The van der Waals surface area contributed by atoms with Gasteiger partial charge >= 0.3 is 6.03 Å². The number of rotatable bonds is 4. The van der Waals surface area contributed by atoms with Gasteiger partial charge in [-0.3, -0.25) is 14.7 Å². The van der Waals surface area contributed by atoms with Crippen LogP contribution in [0.3, 0.4) is 0 Å². The molecule has 3 amide bonds. The largest absolute Gasteiger partial charge is 0.351 e. The summed E-state index contributed by atoms with van der Waals surface area (Å²) in [4.78, 5) is 26.6. The van der Waals surface area contributed by atoms with E-state index in [9.17, 15) is 9.59 Å². The smallest absolute Gasteiger partial charge is 0.318 e. The summed E-state index contributed by atoms with van der Waals surface area (Å²) in [6.07, 6.45) is 3.40. The number of benzene rings is 1. The summed E-state index contributed by atoms with van der Waals surface area (Å²) in [5, 5.41) is 2.75. The molecule has 110 valence electrons. The maximum atomic E-state index is 11.7. The van der Waals surface area contributed by atoms with E-state index in [0.717, 1.165) is 5.69 Å². The number of imide groups is 1. The molecule has 0 spiro atoms. The summed E-state index contributed by atoms with van der Waals surface area (Å²) < 4.78 is 1.81. The number of urea groups is 1. The molecule has 3 N–H and O–H groups in total. The summed E-state index contributed by atoms with van der Waals surface area (Å²) in [6.45, 7) is 1.67. The molecule has 0 aliphatic carbocycles. The molecule has 0 fully saturated rings. The number of carbonyl (C=O) groups is 2. The fraction of sp³-hybridized carbons (Fsp3) is 0.154. The molecule has 0 saturated heterocycles. The summed E-state index contributed by atoms with van der Waals surface area (Å²) in [5.74, 6) is -0.465. The number of primary amides is 1. The van der Waals surface area contributed by atoms with E-state index >= 15 is 0 Å². The number of nitrogens with two attached hydrogens (primary N) is 1. The van der Waals surface area contributed by atoms with Crippen LogP contribution in [0.2, 0.25) is 5.02 Å². The monoisotopic (exact) mass is 324 g/mol. The van der Waals surface area contributed by atoms with Crippen molar-refractivity contribution in [1.82, 2.24) is 14.9 Å². The second-order valence-corrected chi connectivity index (χ2v) is 5.92. The van der Waals surface area contributed by atoms with Gasteiger partial charge < -0.3 is 5.73 Å². The number of halogens is 1. The van der Waals surface area contributed by atoms with E-state index in [1.54, 1.807) is 31.5 Å². The van der Waals surface area contributed by atoms with Gasteiger partial charge in [-0.25, -0.2) is 9.78 Å². The first kappa shape index (κ1) is 15.4. The second kappa shape index (κ2) is 6.64. The van der Waals surface area contributed by atoms with Crippen molar-refractivity contribution in [3.05, 3.63) is 41.7 Å². The van der Waals surface area contributed by atoms with Gasteiger partial charge in [0.1, 0.15) is 0 Å². The Morgan fingerprint density at radius 2 is 2.24 bits per heavy atom. The van der Waals surface area contributed by atoms with E-state index in [-0.39, 0.29) is 0 Å². The van der Waals surface area contributed by atoms with Gasteiger partial charge in [0, 0.05) is 23.1 Å². The van der Waals surface area contributed by atoms with Crippen molar-refractivity contribution in [3.8, 4) is 5.69 Å². The Morgan fingerprint density at radius 1 is 1.48 bits per heavy atom. The van der Waals surface area contributed by atoms with Crippen LogP contribution in [-0.4, -0.2) is 26.7 Å². The van der Waals surface area contributed by atoms with Gasteiger partial charge in [0.2, 0.25) is 5.91 Å². The first-order valence-electron chi connectivity index (χ1n) is 6.03. The van der Waals surface area contributed by atoms with Gasteiger partial charge in [0.25, 0.3) is 0 Å². The van der Waals surface area contributed by atoms with Gasteiger partial charge in [0.05, 0.1) is 5.25 Å². The first-order valence-corrected chi connectivity index (χ1v) is 7.29. The average molecular weight is 325 g/mol. The first-order chi connectivity index (χ1) is 9.97. The molecule has 1 atom stereocenters. The third kappa shape index (κ3) is 3.99. The number of hydrogen-bond acceptors (Lipinski definition) is 4. The number of hydrogen-bond donors (Lipinski definition) is 2. The average Bonchev–Trinajstić information content (AvgIpc) is 2.86. The highest BCUT2D eigenvalue weighted by Crippen LogP contribution is 2.25. The van der Waals surface area contributed by atoms with Gasteiger partial charge in [-0.1, -0.05) is 29.4 Å². The molecule has 21 heavy (non-hydrogen) atoms. The molecule has 6 nitrogen and oxygen atoms in total. The van der Waals surface area contributed by atoms with Crippen LogP contribution in [0.15, 0.2) is 41.8 Å². The fourth-order valence-electron chi connectivity index (χ4n) is 1.63. The van der Waals surface area contributed by atoms with Gasteiger partial charge in [-0.15, -0.1) is 0 Å². The standard InChI is InChI=1S/C13H13ClN4O2S/c1-8(11(19)17-12(15)20)21-13-16-5-6-18(13)10-4-2-3-9(14)7-10/h2-8H,1H3,(H3,15,17,19,20). The van der Waals surface area contributed by atoms with E-state index < -0.39 is 17.2 Å². The van der Waals surface area contributed by atoms with Crippen LogP contribution in [0, 0.1) is 0 Å². The highest BCUT2D eigenvalue weighted by Gasteiger charge is 2.18. The lowest BCUT2D eigenvalue weighted by Crippen LogP contribution is -2.39. The molecule has 0 aliphatic rings. The maximum absolute atomic E-state index is 11.7. The van der Waals surface area contributed by atoms with Crippen molar-refractivity contribution in [1.29, 1.82) is 0 Å². The van der Waals surface area contributed by atoms with Crippen molar-refractivity contribution in [3.63, 3.8) is 0 Å². The molecule has 2 rings (SSSR count). The summed E-state index contributed by atoms with van der Waals surface area (Å²) >= 11 is 7.19. The minimum absolute atomic E-state index is 0.465. The predicted octanol–water partition coefficient (Wildman–Crippen LogP) is 2.20. The Bertz CT molecular complexity index is 674. The zero-order valence-corrected chi connectivity index (χ0v) is 12.7. The number of amides is 3. The molecule has 0 saturated carbocycles. The van der Waals surface area contributed by atoms with Crippen molar-refractivity contribution >= 4 is 35.3 Å². The Kier molecular flexibility index (Phi) is 4.87. The van der Waals surface area contributed by atoms with E-state index in [1.165, 1.54) is 11.8 Å². The van der Waals surface area contributed by atoms with Gasteiger partial charge in [-0.05, 0) is 25.1 Å². The third-order valence-electron chi connectivity index (χ3n) is 2.59. The molecule has 8 heteroatoms. The number of nitrogens with one attached hydrogen (secondary N) is 1. The zero-order valence-electron chi connectivity index (χ0n) is 11.1. The van der Waals surface area contributed by atoms with E-state index in [2.05, 4.69) is 4.98 Å². The highest BCUT2D eigenvalue weighted by molar-refractivity contribution is 8.00. The van der Waals surface area contributed by atoms with Crippen molar-refractivity contribution in [2.24, 2.45) is 5.73 Å². The molecule has 1 aromatic heterocycles. The lowest BCUT2D eigenvalue weighted by atomic mass is 10.3. The summed E-state index contributed by atoms with van der Waals surface area (Å²) in [6, 6.07) is 6.41. The molecule has 1 aromatic carbocycles. The molecular weight excluding hydrogens is 312 g/mol. The van der Waals surface area contributed by atoms with Crippen LogP contribution in [0.5, 0.6) is 0 Å². The van der Waals surface area contributed by atoms with E-state index in [4.69, 9.17) is 17.3 Å². The molecule has 0 radical (unpaired) electrons. The number of imidazole rings is 1. The fourth-order valence-corrected chi connectivity index (χ4v) is 2.70. The second-order valence-electron chi connectivity index (χ2n) is 4.17. The lowest BCUT2D eigenvalue weighted by molar-refractivity contribution is -0.119. The van der Waals surface area contributed by atoms with Gasteiger partial charge in [-0.2, -0.15) is 0 Å². The Hall–Kier alpha value is -1.99. The quantitative estimate of drug-likeness (QED) is 0.844. The molecule has 0 aliphatic heterocycles. The third-order valence-corrected chi connectivity index (χ3v) is 3.91. The van der Waals surface area contributed by atoms with Crippen LogP contribution >= 0.6 is 23.4 Å². The van der Waals surface area contributed by atoms with Crippen molar-refractivity contribution in [2.75, 3.05) is 0 Å². The zero-order chi connectivity index (χ0) is 15.4. The van der Waals surface area contributed by atoms with E-state index in [1.807, 2.05) is 22.0 Å². The number of carbonyl (C=O) groups excluding carboxylic acids is 2. The Labute approximate surface area is 130 Å². The van der Waals surface area contributed by atoms with Crippen LogP contribution in [0.1, 0.15) is 6.92 Å². The molecule has 0 bridgehead atoms.